The number of benzene rings is 1. The lowest BCUT2D eigenvalue weighted by atomic mass is 10.0. The van der Waals surface area contributed by atoms with Crippen molar-refractivity contribution in [2.45, 2.75) is 27.2 Å². The third kappa shape index (κ3) is 3.86. The monoisotopic (exact) mass is 367 g/mol. The number of rotatable bonds is 6. The number of nitrogens with one attached hydrogen (secondary N) is 2. The molecule has 2 aromatic heterocycles. The summed E-state index contributed by atoms with van der Waals surface area (Å²) in [4.78, 5) is 12.7. The van der Waals surface area contributed by atoms with E-state index in [0.717, 1.165) is 34.7 Å². The van der Waals surface area contributed by atoms with Gasteiger partial charge in [-0.05, 0) is 31.4 Å². The average Bonchev–Trinajstić information content (AvgIpc) is 3.19. The number of amides is 1. The van der Waals surface area contributed by atoms with E-state index in [0.29, 0.717) is 17.4 Å². The molecule has 0 unspecified atom stereocenters. The zero-order chi connectivity index (χ0) is 19.6. The SMILES string of the molecule is COc1ccccc1-c1c(C)nn(C)c1NC(=O)c1cc(CC(C)C)[nH]n1. The normalized spacial score (nSPS) is 11.0. The van der Waals surface area contributed by atoms with Gasteiger partial charge in [0.15, 0.2) is 5.69 Å². The molecule has 0 spiro atoms. The summed E-state index contributed by atoms with van der Waals surface area (Å²) in [5, 5.41) is 14.5. The second-order valence-electron chi connectivity index (χ2n) is 6.96. The number of aromatic nitrogens is 4. The molecule has 0 saturated heterocycles. The molecule has 7 heteroatoms. The maximum absolute atomic E-state index is 12.7. The molecule has 1 aromatic carbocycles. The molecule has 3 rings (SSSR count). The number of carbonyl (C=O) groups is 1. The minimum Gasteiger partial charge on any atom is -0.496 e. The number of anilines is 1. The number of carbonyl (C=O) groups excluding carboxylic acids is 1. The molecule has 1 amide bonds. The molecular weight excluding hydrogens is 342 g/mol. The smallest absolute Gasteiger partial charge is 0.277 e. The Morgan fingerprint density at radius 1 is 1.33 bits per heavy atom. The number of hydrogen-bond donors (Lipinski definition) is 2. The highest BCUT2D eigenvalue weighted by molar-refractivity contribution is 6.05. The molecule has 0 fully saturated rings. The molecule has 0 bridgehead atoms. The lowest BCUT2D eigenvalue weighted by Crippen LogP contribution is -2.15. The van der Waals surface area contributed by atoms with E-state index >= 15 is 0 Å². The Morgan fingerprint density at radius 3 is 2.78 bits per heavy atom. The number of ether oxygens (including phenoxy) is 1. The van der Waals surface area contributed by atoms with Gasteiger partial charge in [-0.15, -0.1) is 0 Å². The highest BCUT2D eigenvalue weighted by atomic mass is 16.5. The number of para-hydroxylation sites is 1. The van der Waals surface area contributed by atoms with Crippen molar-refractivity contribution in [3.05, 3.63) is 47.4 Å². The summed E-state index contributed by atoms with van der Waals surface area (Å²) in [5.41, 5.74) is 3.82. The van der Waals surface area contributed by atoms with Crippen LogP contribution in [0.25, 0.3) is 11.1 Å². The molecule has 7 nitrogen and oxygen atoms in total. The predicted molar refractivity (Wildman–Crippen MR) is 105 cm³/mol. The molecule has 0 aliphatic heterocycles. The van der Waals surface area contributed by atoms with Crippen LogP contribution in [0, 0.1) is 12.8 Å². The first-order chi connectivity index (χ1) is 12.9. The second kappa shape index (κ2) is 7.65. The van der Waals surface area contributed by atoms with Crippen molar-refractivity contribution in [1.82, 2.24) is 20.0 Å². The first kappa shape index (κ1) is 18.7. The van der Waals surface area contributed by atoms with Gasteiger partial charge in [-0.25, -0.2) is 0 Å². The van der Waals surface area contributed by atoms with Crippen molar-refractivity contribution in [3.8, 4) is 16.9 Å². The first-order valence-corrected chi connectivity index (χ1v) is 8.93. The molecule has 0 aliphatic rings. The van der Waals surface area contributed by atoms with Gasteiger partial charge in [-0.1, -0.05) is 32.0 Å². The number of hydrogen-bond acceptors (Lipinski definition) is 4. The fourth-order valence-electron chi connectivity index (χ4n) is 3.17. The zero-order valence-electron chi connectivity index (χ0n) is 16.3. The largest absolute Gasteiger partial charge is 0.496 e. The van der Waals surface area contributed by atoms with Crippen LogP contribution in [0.2, 0.25) is 0 Å². The Bertz CT molecular complexity index is 955. The number of aromatic amines is 1. The van der Waals surface area contributed by atoms with Crippen molar-refractivity contribution in [2.75, 3.05) is 12.4 Å². The lowest BCUT2D eigenvalue weighted by molar-refractivity contribution is 0.102. The third-order valence-electron chi connectivity index (χ3n) is 4.32. The van der Waals surface area contributed by atoms with Gasteiger partial charge in [0.25, 0.3) is 5.91 Å². The Kier molecular flexibility index (Phi) is 5.30. The summed E-state index contributed by atoms with van der Waals surface area (Å²) >= 11 is 0. The van der Waals surface area contributed by atoms with E-state index < -0.39 is 0 Å². The average molecular weight is 367 g/mol. The van der Waals surface area contributed by atoms with E-state index in [1.54, 1.807) is 24.9 Å². The number of aryl methyl sites for hydroxylation is 2. The van der Waals surface area contributed by atoms with Crippen LogP contribution in [0.4, 0.5) is 5.82 Å². The van der Waals surface area contributed by atoms with E-state index in [1.165, 1.54) is 0 Å². The molecule has 0 atom stereocenters. The quantitative estimate of drug-likeness (QED) is 0.697. The van der Waals surface area contributed by atoms with E-state index in [-0.39, 0.29) is 5.91 Å². The van der Waals surface area contributed by atoms with Crippen LogP contribution in [0.15, 0.2) is 30.3 Å². The van der Waals surface area contributed by atoms with E-state index in [2.05, 4.69) is 34.5 Å². The minimum absolute atomic E-state index is 0.277. The number of H-pyrrole nitrogens is 1. The molecule has 0 aliphatic carbocycles. The fourth-order valence-corrected chi connectivity index (χ4v) is 3.17. The molecule has 142 valence electrons. The molecule has 0 saturated carbocycles. The van der Waals surface area contributed by atoms with Gasteiger partial charge in [0.2, 0.25) is 0 Å². The van der Waals surface area contributed by atoms with Gasteiger partial charge in [-0.2, -0.15) is 10.2 Å². The molecule has 2 heterocycles. The van der Waals surface area contributed by atoms with E-state index in [1.807, 2.05) is 31.2 Å². The van der Waals surface area contributed by atoms with Crippen molar-refractivity contribution in [3.63, 3.8) is 0 Å². The Balaban J connectivity index is 1.94. The van der Waals surface area contributed by atoms with Crippen molar-refractivity contribution in [1.29, 1.82) is 0 Å². The van der Waals surface area contributed by atoms with E-state index in [9.17, 15) is 4.79 Å². The maximum Gasteiger partial charge on any atom is 0.277 e. The van der Waals surface area contributed by atoms with E-state index in [4.69, 9.17) is 4.74 Å². The number of nitrogens with zero attached hydrogens (tertiary/aromatic N) is 3. The minimum atomic E-state index is -0.277. The summed E-state index contributed by atoms with van der Waals surface area (Å²) in [7, 11) is 3.43. The molecule has 2 N–H and O–H groups in total. The van der Waals surface area contributed by atoms with Gasteiger partial charge >= 0.3 is 0 Å². The fraction of sp³-hybridized carbons (Fsp3) is 0.350. The van der Waals surface area contributed by atoms with Gasteiger partial charge in [0.1, 0.15) is 11.6 Å². The highest BCUT2D eigenvalue weighted by Crippen LogP contribution is 2.37. The maximum atomic E-state index is 12.7. The Labute approximate surface area is 158 Å². The van der Waals surface area contributed by atoms with Gasteiger partial charge < -0.3 is 10.1 Å². The molecule has 27 heavy (non-hydrogen) atoms. The van der Waals surface area contributed by atoms with Crippen LogP contribution in [0.5, 0.6) is 5.75 Å². The van der Waals surface area contributed by atoms with Crippen LogP contribution in [-0.4, -0.2) is 33.0 Å². The highest BCUT2D eigenvalue weighted by Gasteiger charge is 2.21. The summed E-state index contributed by atoms with van der Waals surface area (Å²) in [6, 6.07) is 9.47. The first-order valence-electron chi connectivity index (χ1n) is 8.93. The van der Waals surface area contributed by atoms with Crippen LogP contribution < -0.4 is 10.1 Å². The summed E-state index contributed by atoms with van der Waals surface area (Å²) in [6.07, 6.45) is 0.845. The van der Waals surface area contributed by atoms with Gasteiger partial charge in [0.05, 0.1) is 18.4 Å². The van der Waals surface area contributed by atoms with Crippen LogP contribution in [0.3, 0.4) is 0 Å². The zero-order valence-corrected chi connectivity index (χ0v) is 16.3. The summed E-state index contributed by atoms with van der Waals surface area (Å²) < 4.78 is 7.15. The van der Waals surface area contributed by atoms with Crippen molar-refractivity contribution >= 4 is 11.7 Å². The van der Waals surface area contributed by atoms with Crippen molar-refractivity contribution < 1.29 is 9.53 Å². The van der Waals surface area contributed by atoms with Crippen LogP contribution >= 0.6 is 0 Å². The predicted octanol–water partition coefficient (Wildman–Crippen LogP) is 3.58. The Morgan fingerprint density at radius 2 is 2.07 bits per heavy atom. The number of methoxy groups -OCH3 is 1. The second-order valence-corrected chi connectivity index (χ2v) is 6.96. The van der Waals surface area contributed by atoms with Crippen LogP contribution in [-0.2, 0) is 13.5 Å². The van der Waals surface area contributed by atoms with Gasteiger partial charge in [-0.3, -0.25) is 14.6 Å². The Hall–Kier alpha value is -3.09. The summed E-state index contributed by atoms with van der Waals surface area (Å²) in [5.74, 6) is 1.54. The van der Waals surface area contributed by atoms with Crippen molar-refractivity contribution in [2.24, 2.45) is 13.0 Å². The molecular formula is C20H25N5O2. The molecule has 3 aromatic rings. The van der Waals surface area contributed by atoms with Crippen LogP contribution in [0.1, 0.15) is 35.7 Å². The standard InChI is InChI=1S/C20H25N5O2/c1-12(2)10-14-11-16(23-22-14)20(26)21-19-18(13(3)24-25(19)4)15-8-6-7-9-17(15)27-5/h6-9,11-12H,10H2,1-5H3,(H,21,26)(H,22,23). The lowest BCUT2D eigenvalue weighted by Gasteiger charge is -2.11. The third-order valence-corrected chi connectivity index (χ3v) is 4.32. The van der Waals surface area contributed by atoms with Gasteiger partial charge in [0, 0.05) is 18.3 Å². The summed E-state index contributed by atoms with van der Waals surface area (Å²) in [6.45, 7) is 6.16. The topological polar surface area (TPSA) is 84.8 Å². The molecule has 0 radical (unpaired) electrons.